The van der Waals surface area contributed by atoms with Gasteiger partial charge in [0.15, 0.2) is 0 Å². The first-order valence-corrected chi connectivity index (χ1v) is 13.4. The van der Waals surface area contributed by atoms with Crippen LogP contribution in [0.25, 0.3) is 0 Å². The summed E-state index contributed by atoms with van der Waals surface area (Å²) in [6, 6.07) is 27.5. The number of benzene rings is 3. The summed E-state index contributed by atoms with van der Waals surface area (Å²) in [5.41, 5.74) is 4.51. The molecule has 0 saturated heterocycles. The summed E-state index contributed by atoms with van der Waals surface area (Å²) in [4.78, 5) is 28.8. The Bertz CT molecular complexity index is 1070. The van der Waals surface area contributed by atoms with Gasteiger partial charge in [-0.1, -0.05) is 98.8 Å². The van der Waals surface area contributed by atoms with Crippen LogP contribution in [0, 0.1) is 12.8 Å². The first-order valence-electron chi connectivity index (χ1n) is 12.2. The highest BCUT2D eigenvalue weighted by Crippen LogP contribution is 2.20. The van der Waals surface area contributed by atoms with Crippen molar-refractivity contribution in [3.05, 3.63) is 107 Å². The van der Waals surface area contributed by atoms with Crippen LogP contribution in [0.2, 0.25) is 0 Å². The quantitative estimate of drug-likeness (QED) is 0.359. The number of hydrogen-bond acceptors (Lipinski definition) is 3. The molecule has 1 N–H and O–H groups in total. The summed E-state index contributed by atoms with van der Waals surface area (Å²) < 4.78 is 0. The van der Waals surface area contributed by atoms with Crippen molar-refractivity contribution in [2.45, 2.75) is 45.5 Å². The number of thioether (sulfide) groups is 1. The zero-order valence-electron chi connectivity index (χ0n) is 20.9. The van der Waals surface area contributed by atoms with Gasteiger partial charge in [-0.3, -0.25) is 9.59 Å². The van der Waals surface area contributed by atoms with E-state index in [2.05, 4.69) is 38.2 Å². The third-order valence-corrected chi connectivity index (χ3v) is 6.86. The molecule has 0 radical (unpaired) electrons. The third-order valence-electron chi connectivity index (χ3n) is 5.90. The van der Waals surface area contributed by atoms with Gasteiger partial charge < -0.3 is 10.2 Å². The Morgan fingerprint density at radius 1 is 0.857 bits per heavy atom. The first kappa shape index (κ1) is 26.6. The lowest BCUT2D eigenvalue weighted by Gasteiger charge is -2.32. The number of hydrogen-bond donors (Lipinski definition) is 1. The topological polar surface area (TPSA) is 49.4 Å². The number of carbonyl (C=O) groups excluding carboxylic acids is 2. The van der Waals surface area contributed by atoms with Crippen LogP contribution in [0.15, 0.2) is 84.9 Å². The maximum absolute atomic E-state index is 13.6. The van der Waals surface area contributed by atoms with Gasteiger partial charge in [0, 0.05) is 25.3 Å². The number of rotatable bonds is 12. The minimum Gasteiger partial charge on any atom is -0.354 e. The fourth-order valence-corrected chi connectivity index (χ4v) is 4.85. The lowest BCUT2D eigenvalue weighted by molar-refractivity contribution is -0.139. The molecule has 2 amide bonds. The predicted octanol–water partition coefficient (Wildman–Crippen LogP) is 5.64. The molecule has 184 valence electrons. The van der Waals surface area contributed by atoms with Crippen LogP contribution in [0.4, 0.5) is 0 Å². The normalized spacial score (nSPS) is 11.8. The van der Waals surface area contributed by atoms with Crippen molar-refractivity contribution in [2.75, 3.05) is 12.3 Å². The first-order chi connectivity index (χ1) is 16.9. The van der Waals surface area contributed by atoms with Gasteiger partial charge in [-0.25, -0.2) is 0 Å². The highest BCUT2D eigenvalue weighted by atomic mass is 32.2. The van der Waals surface area contributed by atoms with Gasteiger partial charge >= 0.3 is 0 Å². The van der Waals surface area contributed by atoms with Crippen molar-refractivity contribution < 1.29 is 9.59 Å². The van der Waals surface area contributed by atoms with E-state index in [4.69, 9.17) is 0 Å². The van der Waals surface area contributed by atoms with Gasteiger partial charge in [0.05, 0.1) is 5.75 Å². The molecule has 35 heavy (non-hydrogen) atoms. The van der Waals surface area contributed by atoms with Crippen LogP contribution in [-0.2, 0) is 28.3 Å². The van der Waals surface area contributed by atoms with Crippen molar-refractivity contribution in [2.24, 2.45) is 5.92 Å². The van der Waals surface area contributed by atoms with Crippen molar-refractivity contribution in [3.8, 4) is 0 Å². The molecule has 3 rings (SSSR count). The summed E-state index contributed by atoms with van der Waals surface area (Å²) in [6.07, 6.45) is 0.478. The van der Waals surface area contributed by atoms with E-state index in [1.807, 2.05) is 72.8 Å². The molecular weight excluding hydrogens is 452 g/mol. The number of amides is 2. The lowest BCUT2D eigenvalue weighted by atomic mass is 10.0. The van der Waals surface area contributed by atoms with Crippen LogP contribution >= 0.6 is 11.8 Å². The summed E-state index contributed by atoms with van der Waals surface area (Å²) in [6.45, 7) is 7.22. The Balaban J connectivity index is 1.82. The summed E-state index contributed by atoms with van der Waals surface area (Å²) in [5, 5.41) is 3.07. The van der Waals surface area contributed by atoms with Crippen LogP contribution in [0.5, 0.6) is 0 Å². The molecule has 1 atom stereocenters. The van der Waals surface area contributed by atoms with Gasteiger partial charge in [0.25, 0.3) is 0 Å². The summed E-state index contributed by atoms with van der Waals surface area (Å²) in [5.74, 6) is 1.30. The van der Waals surface area contributed by atoms with Gasteiger partial charge in [0.2, 0.25) is 11.8 Å². The second kappa shape index (κ2) is 13.7. The van der Waals surface area contributed by atoms with E-state index in [0.717, 1.165) is 16.9 Å². The van der Waals surface area contributed by atoms with E-state index in [1.165, 1.54) is 11.1 Å². The van der Waals surface area contributed by atoms with Gasteiger partial charge in [-0.05, 0) is 35.1 Å². The second-order valence-electron chi connectivity index (χ2n) is 9.27. The molecule has 5 heteroatoms. The van der Waals surface area contributed by atoms with E-state index in [1.54, 1.807) is 16.7 Å². The molecule has 0 aromatic heterocycles. The lowest BCUT2D eigenvalue weighted by Crippen LogP contribution is -2.51. The van der Waals surface area contributed by atoms with Gasteiger partial charge in [-0.2, -0.15) is 0 Å². The maximum atomic E-state index is 13.6. The van der Waals surface area contributed by atoms with E-state index >= 15 is 0 Å². The van der Waals surface area contributed by atoms with Crippen LogP contribution in [0.3, 0.4) is 0 Å². The average molecular weight is 489 g/mol. The average Bonchev–Trinajstić information content (AvgIpc) is 2.87. The minimum atomic E-state index is -0.581. The zero-order valence-corrected chi connectivity index (χ0v) is 21.8. The Morgan fingerprint density at radius 2 is 1.46 bits per heavy atom. The van der Waals surface area contributed by atoms with Crippen molar-refractivity contribution in [1.29, 1.82) is 0 Å². The van der Waals surface area contributed by atoms with Gasteiger partial charge in [0.1, 0.15) is 6.04 Å². The summed E-state index contributed by atoms with van der Waals surface area (Å²) in [7, 11) is 0. The standard InChI is InChI=1S/C30H36N2O2S/c1-23(2)19-31-30(34)28(18-25-13-6-4-7-14-25)32(20-26-15-8-5-9-16-26)29(33)22-35-21-27-17-11-10-12-24(27)3/h4-17,23,28H,18-22H2,1-3H3,(H,31,34)/t28-/m1/s1. The van der Waals surface area contributed by atoms with Crippen LogP contribution < -0.4 is 5.32 Å². The molecule has 3 aromatic carbocycles. The van der Waals surface area contributed by atoms with Crippen molar-refractivity contribution in [3.63, 3.8) is 0 Å². The summed E-state index contributed by atoms with van der Waals surface area (Å²) >= 11 is 1.60. The maximum Gasteiger partial charge on any atom is 0.243 e. The van der Waals surface area contributed by atoms with E-state index < -0.39 is 6.04 Å². The number of nitrogens with one attached hydrogen (secondary N) is 1. The zero-order chi connectivity index (χ0) is 25.0. The smallest absolute Gasteiger partial charge is 0.243 e. The largest absolute Gasteiger partial charge is 0.354 e. The molecule has 0 aliphatic carbocycles. The highest BCUT2D eigenvalue weighted by Gasteiger charge is 2.30. The molecule has 4 nitrogen and oxygen atoms in total. The number of carbonyl (C=O) groups is 2. The molecule has 0 spiro atoms. The molecule has 0 aliphatic rings. The van der Waals surface area contributed by atoms with Crippen LogP contribution in [-0.4, -0.2) is 35.1 Å². The molecule has 0 unspecified atom stereocenters. The molecular formula is C30H36N2O2S. The van der Waals surface area contributed by atoms with E-state index in [0.29, 0.717) is 31.2 Å². The SMILES string of the molecule is Cc1ccccc1CSCC(=O)N(Cc1ccccc1)[C@H](Cc1ccccc1)C(=O)NCC(C)C. The molecule has 0 aliphatic heterocycles. The molecule has 0 heterocycles. The molecule has 3 aromatic rings. The Labute approximate surface area is 214 Å². The fourth-order valence-electron chi connectivity index (χ4n) is 3.86. The van der Waals surface area contributed by atoms with Crippen molar-refractivity contribution >= 4 is 23.6 Å². The minimum absolute atomic E-state index is 0.0203. The molecule has 0 bridgehead atoms. The Hall–Kier alpha value is -3.05. The second-order valence-corrected chi connectivity index (χ2v) is 10.3. The Kier molecular flexibility index (Phi) is 10.4. The highest BCUT2D eigenvalue weighted by molar-refractivity contribution is 7.99. The predicted molar refractivity (Wildman–Crippen MR) is 146 cm³/mol. The Morgan fingerprint density at radius 3 is 2.09 bits per heavy atom. The van der Waals surface area contributed by atoms with E-state index in [9.17, 15) is 9.59 Å². The van der Waals surface area contributed by atoms with Gasteiger partial charge in [-0.15, -0.1) is 11.8 Å². The molecule has 0 fully saturated rings. The fraction of sp³-hybridized carbons (Fsp3) is 0.333. The molecule has 0 saturated carbocycles. The van der Waals surface area contributed by atoms with Crippen LogP contribution in [0.1, 0.15) is 36.1 Å². The number of aryl methyl sites for hydroxylation is 1. The van der Waals surface area contributed by atoms with Crippen molar-refractivity contribution in [1.82, 2.24) is 10.2 Å². The van der Waals surface area contributed by atoms with E-state index in [-0.39, 0.29) is 11.8 Å². The number of nitrogens with zero attached hydrogens (tertiary/aromatic N) is 1. The monoisotopic (exact) mass is 488 g/mol. The third kappa shape index (κ3) is 8.59.